The van der Waals surface area contributed by atoms with Crippen LogP contribution in [0.3, 0.4) is 0 Å². The normalized spacial score (nSPS) is 30.0. The third kappa shape index (κ3) is 1.86. The summed E-state index contributed by atoms with van der Waals surface area (Å²) < 4.78 is 0. The van der Waals surface area contributed by atoms with E-state index in [2.05, 4.69) is 29.7 Å². The summed E-state index contributed by atoms with van der Waals surface area (Å²) in [5.74, 6) is -1.94. The summed E-state index contributed by atoms with van der Waals surface area (Å²) >= 11 is 0. The molecule has 3 amide bonds. The molecule has 2 aromatic rings. The molecule has 0 spiro atoms. The van der Waals surface area contributed by atoms with E-state index in [0.29, 0.717) is 0 Å². The van der Waals surface area contributed by atoms with Crippen LogP contribution in [0.15, 0.2) is 48.5 Å². The number of amides is 3. The number of hydrogen-bond donors (Lipinski definition) is 1. The molecule has 7 rings (SSSR count). The number of carbonyl (C=O) groups excluding carboxylic acids is 3. The molecule has 1 N–H and O–H groups in total. The lowest BCUT2D eigenvalue weighted by Gasteiger charge is -2.45. The van der Waals surface area contributed by atoms with Crippen molar-refractivity contribution in [2.24, 2.45) is 17.8 Å². The van der Waals surface area contributed by atoms with E-state index in [1.807, 2.05) is 24.3 Å². The van der Waals surface area contributed by atoms with Crippen LogP contribution in [0.1, 0.15) is 46.9 Å². The minimum atomic E-state index is -0.438. The van der Waals surface area contributed by atoms with Crippen LogP contribution < -0.4 is 5.43 Å². The number of carbonyl (C=O) groups is 3. The predicted octanol–water partition coefficient (Wildman–Crippen LogP) is 2.32. The Bertz CT molecular complexity index is 910. The molecule has 2 aromatic carbocycles. The van der Waals surface area contributed by atoms with Crippen molar-refractivity contribution in [1.82, 2.24) is 10.4 Å². The molecule has 5 heteroatoms. The fourth-order valence-corrected chi connectivity index (χ4v) is 5.33. The Hall–Kier alpha value is -2.95. The average Bonchev–Trinajstić information content (AvgIpc) is 3.52. The maximum atomic E-state index is 13.2. The second-order valence-electron chi connectivity index (χ2n) is 8.03. The second kappa shape index (κ2) is 5.06. The van der Waals surface area contributed by atoms with Gasteiger partial charge in [-0.25, -0.2) is 0 Å². The molecular weight excluding hydrogens is 340 g/mol. The third-order valence-electron chi connectivity index (χ3n) is 6.62. The standard InChI is InChI=1S/C22H18N2O3/c25-20(11-9-10-11)23-24-21(26)18-16-12-5-1-2-6-13(12)17(19(18)22(24)27)15-8-4-3-7-14(15)16/h1-8,11,16-19H,9-10H2,(H,23,25)/t16?,17?,18-,19-/m1/s1. The first-order valence-electron chi connectivity index (χ1n) is 9.53. The van der Waals surface area contributed by atoms with Crippen molar-refractivity contribution in [3.63, 3.8) is 0 Å². The fraction of sp³-hybridized carbons (Fsp3) is 0.318. The molecule has 1 saturated carbocycles. The second-order valence-corrected chi connectivity index (χ2v) is 8.03. The first-order chi connectivity index (χ1) is 13.2. The van der Waals surface area contributed by atoms with E-state index in [-0.39, 0.29) is 35.5 Å². The molecule has 134 valence electrons. The zero-order valence-corrected chi connectivity index (χ0v) is 14.6. The van der Waals surface area contributed by atoms with Crippen molar-refractivity contribution in [2.45, 2.75) is 24.7 Å². The maximum absolute atomic E-state index is 13.2. The van der Waals surface area contributed by atoms with Crippen LogP contribution in [-0.2, 0) is 14.4 Å². The van der Waals surface area contributed by atoms with Crippen molar-refractivity contribution in [3.05, 3.63) is 70.8 Å². The van der Waals surface area contributed by atoms with Gasteiger partial charge in [-0.15, -0.1) is 0 Å². The van der Waals surface area contributed by atoms with Gasteiger partial charge >= 0.3 is 0 Å². The Morgan fingerprint density at radius 1 is 0.778 bits per heavy atom. The van der Waals surface area contributed by atoms with Gasteiger partial charge in [0.05, 0.1) is 11.8 Å². The smallest absolute Gasteiger partial charge is 0.253 e. The summed E-state index contributed by atoms with van der Waals surface area (Å²) in [7, 11) is 0. The molecule has 27 heavy (non-hydrogen) atoms. The number of nitrogens with one attached hydrogen (secondary N) is 1. The van der Waals surface area contributed by atoms with E-state index in [1.165, 1.54) is 0 Å². The summed E-state index contributed by atoms with van der Waals surface area (Å²) in [5.41, 5.74) is 7.17. The van der Waals surface area contributed by atoms with Gasteiger partial charge in [-0.1, -0.05) is 48.5 Å². The third-order valence-corrected chi connectivity index (χ3v) is 6.62. The number of hydrogen-bond acceptors (Lipinski definition) is 3. The highest BCUT2D eigenvalue weighted by atomic mass is 16.2. The molecule has 0 radical (unpaired) electrons. The Kier molecular flexibility index (Phi) is 2.84. The number of rotatable bonds is 2. The molecule has 2 bridgehead atoms. The molecule has 1 aliphatic heterocycles. The van der Waals surface area contributed by atoms with Crippen molar-refractivity contribution in [2.75, 3.05) is 0 Å². The van der Waals surface area contributed by atoms with Crippen molar-refractivity contribution < 1.29 is 14.4 Å². The molecule has 1 heterocycles. The monoisotopic (exact) mass is 358 g/mol. The summed E-state index contributed by atoms with van der Waals surface area (Å²) in [6.07, 6.45) is 1.66. The van der Waals surface area contributed by atoms with Gasteiger partial charge in [0.2, 0.25) is 5.91 Å². The van der Waals surface area contributed by atoms with Gasteiger partial charge in [-0.05, 0) is 35.1 Å². The Morgan fingerprint density at radius 3 is 1.56 bits per heavy atom. The van der Waals surface area contributed by atoms with Gasteiger partial charge in [0.1, 0.15) is 0 Å². The minimum absolute atomic E-state index is 0.0562. The predicted molar refractivity (Wildman–Crippen MR) is 96.3 cm³/mol. The van der Waals surface area contributed by atoms with E-state index in [9.17, 15) is 14.4 Å². The van der Waals surface area contributed by atoms with Gasteiger partial charge in [-0.2, -0.15) is 5.01 Å². The lowest BCUT2D eigenvalue weighted by molar-refractivity contribution is -0.149. The number of benzene rings is 2. The van der Waals surface area contributed by atoms with E-state index in [4.69, 9.17) is 0 Å². The van der Waals surface area contributed by atoms with Gasteiger partial charge in [0.25, 0.3) is 11.8 Å². The largest absolute Gasteiger partial charge is 0.273 e. The molecule has 2 atom stereocenters. The topological polar surface area (TPSA) is 66.5 Å². The summed E-state index contributed by atoms with van der Waals surface area (Å²) in [6, 6.07) is 16.3. The Labute approximate surface area is 156 Å². The highest BCUT2D eigenvalue weighted by Crippen LogP contribution is 2.60. The molecule has 5 aliphatic rings. The molecule has 5 nitrogen and oxygen atoms in total. The van der Waals surface area contributed by atoms with Crippen LogP contribution >= 0.6 is 0 Å². The molecular formula is C22H18N2O3. The quantitative estimate of drug-likeness (QED) is 0.838. The summed E-state index contributed by atoms with van der Waals surface area (Å²) in [4.78, 5) is 38.7. The van der Waals surface area contributed by atoms with Crippen LogP contribution in [0.2, 0.25) is 0 Å². The summed E-state index contributed by atoms with van der Waals surface area (Å²) in [6.45, 7) is 0. The van der Waals surface area contributed by atoms with E-state index in [0.717, 1.165) is 40.1 Å². The van der Waals surface area contributed by atoms with Gasteiger partial charge in [-0.3, -0.25) is 19.8 Å². The van der Waals surface area contributed by atoms with Crippen LogP contribution in [0.4, 0.5) is 0 Å². The molecule has 0 unspecified atom stereocenters. The highest BCUT2D eigenvalue weighted by molar-refractivity contribution is 6.08. The van der Waals surface area contributed by atoms with E-state index >= 15 is 0 Å². The van der Waals surface area contributed by atoms with Crippen LogP contribution in [0, 0.1) is 17.8 Å². The van der Waals surface area contributed by atoms with E-state index in [1.54, 1.807) is 0 Å². The van der Waals surface area contributed by atoms with Crippen molar-refractivity contribution >= 4 is 17.7 Å². The first kappa shape index (κ1) is 15.1. The van der Waals surface area contributed by atoms with Gasteiger partial charge in [0.15, 0.2) is 0 Å². The minimum Gasteiger partial charge on any atom is -0.273 e. The highest BCUT2D eigenvalue weighted by Gasteiger charge is 2.62. The van der Waals surface area contributed by atoms with Crippen LogP contribution in [0.5, 0.6) is 0 Å². The molecule has 1 saturated heterocycles. The van der Waals surface area contributed by atoms with Crippen molar-refractivity contribution in [3.8, 4) is 0 Å². The van der Waals surface area contributed by atoms with Crippen molar-refractivity contribution in [1.29, 1.82) is 0 Å². The number of nitrogens with zero attached hydrogens (tertiary/aromatic N) is 1. The average molecular weight is 358 g/mol. The lowest BCUT2D eigenvalue weighted by Crippen LogP contribution is -2.47. The molecule has 4 aliphatic carbocycles. The Morgan fingerprint density at radius 2 is 1.19 bits per heavy atom. The maximum Gasteiger partial charge on any atom is 0.253 e. The fourth-order valence-electron chi connectivity index (χ4n) is 5.33. The van der Waals surface area contributed by atoms with Gasteiger partial charge < -0.3 is 0 Å². The first-order valence-corrected chi connectivity index (χ1v) is 9.53. The van der Waals surface area contributed by atoms with Crippen LogP contribution in [0.25, 0.3) is 0 Å². The SMILES string of the molecule is O=C(NN1C(=O)[C@@H]2C3c4ccccc4C(c4ccccc43)[C@H]2C1=O)C1CC1. The van der Waals surface area contributed by atoms with E-state index < -0.39 is 11.8 Å². The Balaban J connectivity index is 1.50. The zero-order chi connectivity index (χ0) is 18.3. The van der Waals surface area contributed by atoms with Gasteiger partial charge in [0, 0.05) is 17.8 Å². The zero-order valence-electron chi connectivity index (χ0n) is 14.6. The number of hydrazine groups is 1. The summed E-state index contributed by atoms with van der Waals surface area (Å²) in [5, 5.41) is 1.02. The molecule has 0 aromatic heterocycles. The number of imide groups is 1. The van der Waals surface area contributed by atoms with Crippen LogP contribution in [-0.4, -0.2) is 22.7 Å². The molecule has 2 fully saturated rings. The lowest BCUT2D eigenvalue weighted by atomic mass is 9.55.